The normalized spacial score (nSPS) is 25.4. The molecule has 8 atom stereocenters. The summed E-state index contributed by atoms with van der Waals surface area (Å²) in [5, 5.41) is 8.04. The first-order valence-electron chi connectivity index (χ1n) is 25.4. The van der Waals surface area contributed by atoms with E-state index in [2.05, 4.69) is 66.6 Å². The quantitative estimate of drug-likeness (QED) is 0.0120. The predicted octanol–water partition coefficient (Wildman–Crippen LogP) is 5.63. The average molecular weight is 962 g/mol. The molecule has 8 unspecified atom stereocenters. The van der Waals surface area contributed by atoms with Crippen LogP contribution < -0.4 is 38.9 Å². The van der Waals surface area contributed by atoms with E-state index in [4.69, 9.17) is 51.4 Å². The van der Waals surface area contributed by atoms with Crippen molar-refractivity contribution in [2.75, 3.05) is 72.4 Å². The van der Waals surface area contributed by atoms with E-state index >= 15 is 0 Å². The van der Waals surface area contributed by atoms with Crippen molar-refractivity contribution in [3.8, 4) is 0 Å². The highest BCUT2D eigenvalue weighted by atomic mass is 16.7. The molecule has 0 aromatic carbocycles. The number of nitrogens with one attached hydrogen (secondary N) is 3. The number of nitrogens with two attached hydrogens (primary N) is 4. The largest absolute Gasteiger partial charge is 0.508 e. The molecule has 388 valence electrons. The monoisotopic (exact) mass is 962 g/mol. The van der Waals surface area contributed by atoms with Crippen molar-refractivity contribution in [3.05, 3.63) is 11.6 Å². The minimum atomic E-state index is -0.678. The number of aliphatic imine (C=N–C) groups is 2. The number of hydrogen-bond acceptors (Lipinski definition) is 12. The molecule has 68 heavy (non-hydrogen) atoms. The average Bonchev–Trinajstić information content (AvgIpc) is 3.64. The van der Waals surface area contributed by atoms with Gasteiger partial charge in [-0.05, 0) is 104 Å². The summed E-state index contributed by atoms with van der Waals surface area (Å²) >= 11 is 0. The van der Waals surface area contributed by atoms with E-state index in [1.165, 1.54) is 50.5 Å². The van der Waals surface area contributed by atoms with E-state index in [0.29, 0.717) is 50.4 Å². The van der Waals surface area contributed by atoms with Crippen molar-refractivity contribution in [3.63, 3.8) is 0 Å². The van der Waals surface area contributed by atoms with E-state index in [9.17, 15) is 19.2 Å². The van der Waals surface area contributed by atoms with Gasteiger partial charge in [-0.3, -0.25) is 14.8 Å². The van der Waals surface area contributed by atoms with Crippen molar-refractivity contribution < 1.29 is 47.6 Å². The minimum absolute atomic E-state index is 0.0101. The number of amides is 3. The summed E-state index contributed by atoms with van der Waals surface area (Å²) in [4.78, 5) is 57.4. The summed E-state index contributed by atoms with van der Waals surface area (Å²) in [5.41, 5.74) is 23.3. The Morgan fingerprint density at radius 2 is 1.35 bits per heavy atom. The van der Waals surface area contributed by atoms with E-state index in [1.54, 1.807) is 0 Å². The molecular formula is C49H87N9O10. The van der Waals surface area contributed by atoms with Gasteiger partial charge in [-0.25, -0.2) is 14.4 Å². The molecule has 4 aliphatic carbocycles. The maximum Gasteiger partial charge on any atom is 0.508 e. The standard InChI is InChI=1S/C49H87N9O10/c1-33(2)9-6-10-34(3)39-13-14-40-38-12-11-35-31-37(15-19-48(35,4)41(38)16-20-49(39,40)5)68-47(62)67-30-29-63-27-28-64-32-42(59)58-36(17-25-65-45(60)56-23-7-21-54-43(50)51)18-26-66-46(61)57-24-8-22-55-44(52)53/h11,33-34,36-41H,6-10,12-32H2,1-5H3,(H,56,60)(H,57,61)(H,58,59)(H4,50,51,54)(H4,52,53,55). The molecule has 3 amide bonds. The number of alkyl carbamates (subject to hydrolysis) is 2. The maximum absolute atomic E-state index is 12.8. The summed E-state index contributed by atoms with van der Waals surface area (Å²) in [6.45, 7) is 13.9. The molecule has 11 N–H and O–H groups in total. The third-order valence-electron chi connectivity index (χ3n) is 15.1. The highest BCUT2D eigenvalue weighted by Crippen LogP contribution is 2.67. The molecule has 0 radical (unpaired) electrons. The van der Waals surface area contributed by atoms with Crippen LogP contribution in [0.15, 0.2) is 21.6 Å². The van der Waals surface area contributed by atoms with Gasteiger partial charge in [-0.1, -0.05) is 65.5 Å². The summed E-state index contributed by atoms with van der Waals surface area (Å²) < 4.78 is 32.7. The van der Waals surface area contributed by atoms with Crippen molar-refractivity contribution in [1.29, 1.82) is 0 Å². The van der Waals surface area contributed by atoms with E-state index in [0.717, 1.165) is 55.3 Å². The van der Waals surface area contributed by atoms with Crippen LogP contribution in [0.3, 0.4) is 0 Å². The number of rotatable bonds is 29. The van der Waals surface area contributed by atoms with Crippen molar-refractivity contribution in [2.45, 2.75) is 143 Å². The number of carbonyl (C=O) groups excluding carboxylic acids is 4. The third-order valence-corrected chi connectivity index (χ3v) is 15.1. The van der Waals surface area contributed by atoms with Gasteiger partial charge in [-0.15, -0.1) is 0 Å². The zero-order chi connectivity index (χ0) is 49.5. The van der Waals surface area contributed by atoms with Gasteiger partial charge in [0.15, 0.2) is 11.9 Å². The molecule has 0 spiro atoms. The Morgan fingerprint density at radius 3 is 1.99 bits per heavy atom. The number of guanidine groups is 2. The highest BCUT2D eigenvalue weighted by molar-refractivity contribution is 5.77. The van der Waals surface area contributed by atoms with Gasteiger partial charge in [-0.2, -0.15) is 0 Å². The predicted molar refractivity (Wildman–Crippen MR) is 261 cm³/mol. The van der Waals surface area contributed by atoms with E-state index in [1.807, 2.05) is 0 Å². The highest BCUT2D eigenvalue weighted by Gasteiger charge is 2.59. The lowest BCUT2D eigenvalue weighted by Gasteiger charge is -2.58. The Bertz CT molecular complexity index is 1630. The number of fused-ring (bicyclic) bond motifs is 5. The van der Waals surface area contributed by atoms with Gasteiger partial charge in [0.1, 0.15) is 19.3 Å². The first-order valence-corrected chi connectivity index (χ1v) is 25.4. The summed E-state index contributed by atoms with van der Waals surface area (Å²) in [6.07, 6.45) is 15.2. The maximum atomic E-state index is 12.8. The Kier molecular flexibility index (Phi) is 23.8. The van der Waals surface area contributed by atoms with Gasteiger partial charge >= 0.3 is 18.3 Å². The second-order valence-corrected chi connectivity index (χ2v) is 20.3. The fourth-order valence-corrected chi connectivity index (χ4v) is 11.7. The first kappa shape index (κ1) is 56.1. The molecule has 19 heteroatoms. The van der Waals surface area contributed by atoms with Crippen LogP contribution in [0.2, 0.25) is 0 Å². The van der Waals surface area contributed by atoms with Crippen LogP contribution in [-0.2, 0) is 33.2 Å². The van der Waals surface area contributed by atoms with Crippen molar-refractivity contribution in [2.24, 2.45) is 79.3 Å². The minimum Gasteiger partial charge on any atom is -0.449 e. The van der Waals surface area contributed by atoms with Gasteiger partial charge < -0.3 is 67.3 Å². The summed E-state index contributed by atoms with van der Waals surface area (Å²) in [7, 11) is 0. The molecule has 3 fully saturated rings. The molecule has 4 aliphatic rings. The van der Waals surface area contributed by atoms with Gasteiger partial charge in [0, 0.05) is 51.5 Å². The van der Waals surface area contributed by atoms with Crippen LogP contribution in [0.5, 0.6) is 0 Å². The third kappa shape index (κ3) is 18.4. The van der Waals surface area contributed by atoms with Gasteiger partial charge in [0.25, 0.3) is 0 Å². The molecule has 4 rings (SSSR count). The fraction of sp³-hybridized carbons (Fsp3) is 0.837. The number of ether oxygens (including phenoxy) is 6. The number of allylic oxidation sites excluding steroid dienone is 1. The first-order chi connectivity index (χ1) is 32.5. The summed E-state index contributed by atoms with van der Waals surface area (Å²) in [5.74, 6) is 4.23. The van der Waals surface area contributed by atoms with Crippen LogP contribution >= 0.6 is 0 Å². The Hall–Kier alpha value is -4.52. The second kappa shape index (κ2) is 28.8. The molecule has 0 saturated heterocycles. The smallest absolute Gasteiger partial charge is 0.449 e. The zero-order valence-corrected chi connectivity index (χ0v) is 41.9. The zero-order valence-electron chi connectivity index (χ0n) is 41.9. The number of hydrogen-bond donors (Lipinski definition) is 7. The Labute approximate surface area is 405 Å². The number of nitrogens with zero attached hydrogens (tertiary/aromatic N) is 2. The summed E-state index contributed by atoms with van der Waals surface area (Å²) in [6, 6.07) is -0.500. The number of carbonyl (C=O) groups is 4. The van der Waals surface area contributed by atoms with Crippen molar-refractivity contribution >= 4 is 36.2 Å². The molecule has 0 aromatic heterocycles. The van der Waals surface area contributed by atoms with Crippen LogP contribution in [0.1, 0.15) is 131 Å². The lowest BCUT2D eigenvalue weighted by Crippen LogP contribution is -2.51. The van der Waals surface area contributed by atoms with Crippen LogP contribution in [0.25, 0.3) is 0 Å². The molecule has 3 saturated carbocycles. The Balaban J connectivity index is 1.10. The van der Waals surface area contributed by atoms with Gasteiger partial charge in [0.2, 0.25) is 5.91 Å². The van der Waals surface area contributed by atoms with Crippen LogP contribution in [0, 0.1) is 46.3 Å². The molecule has 19 nitrogen and oxygen atoms in total. The SMILES string of the molecule is CC(C)CCCC(C)C1CCC2C3CC=C4CC(OC(=O)OCCOCCOCC(=O)NC(CCOC(=O)NCCCN=C(N)N)CCOC(=O)NCCCN=C(N)N)CCC4(C)C3CCC12C. The molecule has 0 aliphatic heterocycles. The molecule has 0 heterocycles. The lowest BCUT2D eigenvalue weighted by atomic mass is 9.47. The topological polar surface area (TPSA) is 289 Å². The molecule has 0 aromatic rings. The van der Waals surface area contributed by atoms with E-state index < -0.39 is 30.3 Å². The lowest BCUT2D eigenvalue weighted by molar-refractivity contribution is -0.127. The fourth-order valence-electron chi connectivity index (χ4n) is 11.7. The molecular weight excluding hydrogens is 875 g/mol. The van der Waals surface area contributed by atoms with Crippen LogP contribution in [-0.4, -0.2) is 121 Å². The van der Waals surface area contributed by atoms with Gasteiger partial charge in [0.05, 0.1) is 33.0 Å². The van der Waals surface area contributed by atoms with Crippen molar-refractivity contribution in [1.82, 2.24) is 16.0 Å². The van der Waals surface area contributed by atoms with Crippen LogP contribution in [0.4, 0.5) is 14.4 Å². The second-order valence-electron chi connectivity index (χ2n) is 20.3. The van der Waals surface area contributed by atoms with E-state index in [-0.39, 0.29) is 82.5 Å². The molecule has 0 bridgehead atoms. The Morgan fingerprint density at radius 1 is 0.721 bits per heavy atom.